The van der Waals surface area contributed by atoms with Gasteiger partial charge in [-0.2, -0.15) is 0 Å². The Labute approximate surface area is 150 Å². The summed E-state index contributed by atoms with van der Waals surface area (Å²) in [5.74, 6) is 1.27. The molecule has 3 rings (SSSR count). The zero-order valence-electron chi connectivity index (χ0n) is 14.1. The number of hydrogen-bond donors (Lipinski definition) is 1. The highest BCUT2D eigenvalue weighted by Crippen LogP contribution is 2.30. The van der Waals surface area contributed by atoms with E-state index < -0.39 is 0 Å². The second kappa shape index (κ2) is 7.07. The van der Waals surface area contributed by atoms with Crippen molar-refractivity contribution in [3.05, 3.63) is 58.8 Å². The minimum absolute atomic E-state index is 0.228. The van der Waals surface area contributed by atoms with Gasteiger partial charge in [0.05, 0.1) is 20.3 Å². The van der Waals surface area contributed by atoms with Gasteiger partial charge < -0.3 is 19.2 Å². The van der Waals surface area contributed by atoms with Crippen LogP contribution < -0.4 is 14.8 Å². The molecule has 130 valence electrons. The van der Waals surface area contributed by atoms with Crippen LogP contribution in [0, 0.1) is 0 Å². The van der Waals surface area contributed by atoms with Gasteiger partial charge in [-0.25, -0.2) is 0 Å². The number of carbonyl (C=O) groups excluding carboxylic acids is 1. The highest BCUT2D eigenvalue weighted by Gasteiger charge is 2.19. The second-order valence-electron chi connectivity index (χ2n) is 5.60. The number of hydrogen-bond acceptors (Lipinski definition) is 4. The molecule has 0 saturated heterocycles. The number of rotatable bonds is 5. The molecule has 3 aromatic rings. The van der Waals surface area contributed by atoms with Crippen LogP contribution in [-0.4, -0.2) is 20.1 Å². The van der Waals surface area contributed by atoms with Crippen molar-refractivity contribution >= 4 is 28.5 Å². The van der Waals surface area contributed by atoms with E-state index in [4.69, 9.17) is 25.5 Å². The van der Waals surface area contributed by atoms with Crippen LogP contribution >= 0.6 is 11.6 Å². The fraction of sp³-hybridized carbons (Fsp3) is 0.211. The summed E-state index contributed by atoms with van der Waals surface area (Å²) >= 11 is 5.97. The Kier molecular flexibility index (Phi) is 4.86. The van der Waals surface area contributed by atoms with E-state index in [2.05, 4.69) is 5.32 Å². The monoisotopic (exact) mass is 359 g/mol. The molecule has 0 aliphatic carbocycles. The third kappa shape index (κ3) is 3.56. The molecule has 5 nitrogen and oxygen atoms in total. The van der Waals surface area contributed by atoms with Gasteiger partial charge in [-0.05, 0) is 49.4 Å². The van der Waals surface area contributed by atoms with Crippen molar-refractivity contribution in [2.24, 2.45) is 0 Å². The summed E-state index contributed by atoms with van der Waals surface area (Å²) in [5, 5.41) is 4.29. The lowest BCUT2D eigenvalue weighted by atomic mass is 10.1. The van der Waals surface area contributed by atoms with E-state index >= 15 is 0 Å². The Hall–Kier alpha value is -2.66. The first-order valence-electron chi connectivity index (χ1n) is 7.73. The second-order valence-corrected chi connectivity index (χ2v) is 6.03. The van der Waals surface area contributed by atoms with E-state index in [9.17, 15) is 4.79 Å². The highest BCUT2D eigenvalue weighted by molar-refractivity contribution is 6.31. The SMILES string of the molecule is COc1ccc(OC)c(C(C)NC(=O)c2cc3cc(Cl)ccc3o2)c1. The number of ether oxygens (including phenoxy) is 2. The van der Waals surface area contributed by atoms with Crippen LogP contribution in [0.3, 0.4) is 0 Å². The minimum Gasteiger partial charge on any atom is -0.497 e. The Morgan fingerprint density at radius 1 is 1.12 bits per heavy atom. The van der Waals surface area contributed by atoms with Gasteiger partial charge >= 0.3 is 0 Å². The molecule has 0 saturated carbocycles. The number of halogens is 1. The molecule has 1 N–H and O–H groups in total. The molecule has 1 atom stereocenters. The van der Waals surface area contributed by atoms with Gasteiger partial charge in [-0.15, -0.1) is 0 Å². The predicted octanol–water partition coefficient (Wildman–Crippen LogP) is 4.59. The lowest BCUT2D eigenvalue weighted by Gasteiger charge is -2.17. The summed E-state index contributed by atoms with van der Waals surface area (Å²) in [6.07, 6.45) is 0. The van der Waals surface area contributed by atoms with Crippen LogP contribution in [0.25, 0.3) is 11.0 Å². The average Bonchev–Trinajstić information content (AvgIpc) is 3.04. The van der Waals surface area contributed by atoms with Crippen LogP contribution in [-0.2, 0) is 0 Å². The van der Waals surface area contributed by atoms with Gasteiger partial charge in [-0.1, -0.05) is 11.6 Å². The largest absolute Gasteiger partial charge is 0.497 e. The lowest BCUT2D eigenvalue weighted by Crippen LogP contribution is -2.26. The zero-order valence-corrected chi connectivity index (χ0v) is 14.9. The molecule has 1 amide bonds. The third-order valence-electron chi connectivity index (χ3n) is 3.95. The molecule has 1 aromatic heterocycles. The summed E-state index contributed by atoms with van der Waals surface area (Å²) in [5.41, 5.74) is 1.43. The predicted molar refractivity (Wildman–Crippen MR) is 96.7 cm³/mol. The maximum Gasteiger partial charge on any atom is 0.287 e. The maximum absolute atomic E-state index is 12.5. The van der Waals surface area contributed by atoms with E-state index in [0.29, 0.717) is 22.1 Å². The van der Waals surface area contributed by atoms with Gasteiger partial charge in [0.15, 0.2) is 5.76 Å². The van der Waals surface area contributed by atoms with E-state index in [1.54, 1.807) is 50.6 Å². The van der Waals surface area contributed by atoms with E-state index in [0.717, 1.165) is 10.9 Å². The number of furan rings is 1. The van der Waals surface area contributed by atoms with E-state index in [1.807, 2.05) is 13.0 Å². The van der Waals surface area contributed by atoms with Crippen molar-refractivity contribution in [3.63, 3.8) is 0 Å². The minimum atomic E-state index is -0.315. The van der Waals surface area contributed by atoms with Crippen molar-refractivity contribution in [2.75, 3.05) is 14.2 Å². The topological polar surface area (TPSA) is 60.7 Å². The molecule has 0 radical (unpaired) electrons. The molecule has 0 aliphatic rings. The first kappa shape index (κ1) is 17.2. The zero-order chi connectivity index (χ0) is 18.0. The maximum atomic E-state index is 12.5. The van der Waals surface area contributed by atoms with Gasteiger partial charge in [0.2, 0.25) is 0 Å². The first-order valence-corrected chi connectivity index (χ1v) is 8.11. The van der Waals surface area contributed by atoms with E-state index in [1.165, 1.54) is 0 Å². The standard InChI is InChI=1S/C19H18ClNO4/c1-11(15-10-14(23-2)5-7-17(15)24-3)21-19(22)18-9-12-8-13(20)4-6-16(12)25-18/h4-11H,1-3H3,(H,21,22). The van der Waals surface area contributed by atoms with Crippen molar-refractivity contribution in [3.8, 4) is 11.5 Å². The summed E-state index contributed by atoms with van der Waals surface area (Å²) in [7, 11) is 3.18. The molecule has 0 fully saturated rings. The number of fused-ring (bicyclic) bond motifs is 1. The van der Waals surface area contributed by atoms with Crippen molar-refractivity contribution in [1.82, 2.24) is 5.32 Å². The molecule has 0 aliphatic heterocycles. The summed E-state index contributed by atoms with van der Waals surface area (Å²) in [6.45, 7) is 1.87. The van der Waals surface area contributed by atoms with Crippen LogP contribution in [0.4, 0.5) is 0 Å². The quantitative estimate of drug-likeness (QED) is 0.723. The van der Waals surface area contributed by atoms with Crippen molar-refractivity contribution in [1.29, 1.82) is 0 Å². The molecule has 0 bridgehead atoms. The normalized spacial score (nSPS) is 12.0. The molecule has 6 heteroatoms. The molecule has 1 unspecified atom stereocenters. The number of benzene rings is 2. The van der Waals surface area contributed by atoms with Gasteiger partial charge in [0.25, 0.3) is 5.91 Å². The van der Waals surface area contributed by atoms with Gasteiger partial charge in [0, 0.05) is 16.0 Å². The number of nitrogens with one attached hydrogen (secondary N) is 1. The van der Waals surface area contributed by atoms with Crippen LogP contribution in [0.15, 0.2) is 46.9 Å². The smallest absolute Gasteiger partial charge is 0.287 e. The number of carbonyl (C=O) groups is 1. The average molecular weight is 360 g/mol. The lowest BCUT2D eigenvalue weighted by molar-refractivity contribution is 0.0913. The number of amides is 1. The summed E-state index contributed by atoms with van der Waals surface area (Å²) < 4.78 is 16.2. The van der Waals surface area contributed by atoms with Gasteiger partial charge in [0.1, 0.15) is 17.1 Å². The molecule has 0 spiro atoms. The Morgan fingerprint density at radius 2 is 1.92 bits per heavy atom. The van der Waals surface area contributed by atoms with E-state index in [-0.39, 0.29) is 17.7 Å². The fourth-order valence-corrected chi connectivity index (χ4v) is 2.83. The highest BCUT2D eigenvalue weighted by atomic mass is 35.5. The molecule has 25 heavy (non-hydrogen) atoms. The van der Waals surface area contributed by atoms with Crippen molar-refractivity contribution < 1.29 is 18.7 Å². The Bertz CT molecular complexity index is 919. The Balaban J connectivity index is 1.84. The Morgan fingerprint density at radius 3 is 2.64 bits per heavy atom. The molecular formula is C19H18ClNO4. The number of methoxy groups -OCH3 is 2. The fourth-order valence-electron chi connectivity index (χ4n) is 2.65. The van der Waals surface area contributed by atoms with Crippen LogP contribution in [0.1, 0.15) is 29.1 Å². The van der Waals surface area contributed by atoms with Crippen LogP contribution in [0.5, 0.6) is 11.5 Å². The van der Waals surface area contributed by atoms with Crippen LogP contribution in [0.2, 0.25) is 5.02 Å². The van der Waals surface area contributed by atoms with Gasteiger partial charge in [-0.3, -0.25) is 4.79 Å². The molecule has 2 aromatic carbocycles. The van der Waals surface area contributed by atoms with Crippen molar-refractivity contribution in [2.45, 2.75) is 13.0 Å². The molecule has 1 heterocycles. The third-order valence-corrected chi connectivity index (χ3v) is 4.19. The summed E-state index contributed by atoms with van der Waals surface area (Å²) in [6, 6.07) is 12.0. The first-order chi connectivity index (χ1) is 12.0. The molecular weight excluding hydrogens is 342 g/mol. The summed E-state index contributed by atoms with van der Waals surface area (Å²) in [4.78, 5) is 12.5.